The maximum absolute atomic E-state index is 11.4. The number of sulfone groups is 1. The molecule has 0 saturated carbocycles. The Hall–Kier alpha value is -0.910. The molecular weight excluding hydrogens is 298 g/mol. The normalized spacial score (nSPS) is 22.2. The van der Waals surface area contributed by atoms with Gasteiger partial charge in [0.2, 0.25) is 0 Å². The second-order valence-corrected chi connectivity index (χ2v) is 8.59. The van der Waals surface area contributed by atoms with Gasteiger partial charge < -0.3 is 5.11 Å². The van der Waals surface area contributed by atoms with Gasteiger partial charge in [-0.15, -0.1) is 0 Å². The fourth-order valence-corrected chi connectivity index (χ4v) is 3.72. The van der Waals surface area contributed by atoms with Gasteiger partial charge in [-0.2, -0.15) is 0 Å². The van der Waals surface area contributed by atoms with E-state index in [1.807, 2.05) is 30.3 Å². The molecule has 0 radical (unpaired) electrons. The van der Waals surface area contributed by atoms with E-state index >= 15 is 0 Å². The van der Waals surface area contributed by atoms with Crippen LogP contribution in [0.15, 0.2) is 30.3 Å². The molecule has 22 heavy (non-hydrogen) atoms. The van der Waals surface area contributed by atoms with Gasteiger partial charge in [-0.05, 0) is 31.4 Å². The first-order valence-electron chi connectivity index (χ1n) is 8.10. The molecule has 2 atom stereocenters. The van der Waals surface area contributed by atoms with Crippen LogP contribution < -0.4 is 0 Å². The van der Waals surface area contributed by atoms with E-state index in [4.69, 9.17) is 0 Å². The summed E-state index contributed by atoms with van der Waals surface area (Å²) in [6.45, 7) is 1.51. The monoisotopic (exact) mass is 325 g/mol. The van der Waals surface area contributed by atoms with E-state index in [1.165, 1.54) is 12.7 Å². The number of rotatable bonds is 6. The minimum atomic E-state index is -2.94. The summed E-state index contributed by atoms with van der Waals surface area (Å²) in [7, 11) is -2.94. The lowest BCUT2D eigenvalue weighted by Gasteiger charge is -2.31. The molecule has 0 amide bonds. The van der Waals surface area contributed by atoms with Crippen LogP contribution >= 0.6 is 0 Å². The zero-order chi connectivity index (χ0) is 16.0. The molecule has 1 aromatic rings. The fourth-order valence-electron chi connectivity index (χ4n) is 3.15. The number of aliphatic hydroxyl groups is 1. The Bertz CT molecular complexity index is 544. The first-order valence-corrected chi connectivity index (χ1v) is 10.2. The Labute approximate surface area is 134 Å². The van der Waals surface area contributed by atoms with Gasteiger partial charge in [-0.25, -0.2) is 8.42 Å². The van der Waals surface area contributed by atoms with E-state index in [0.717, 1.165) is 31.4 Å². The third-order valence-electron chi connectivity index (χ3n) is 4.43. The summed E-state index contributed by atoms with van der Waals surface area (Å²) in [5.74, 6) is 0.199. The molecule has 1 aromatic carbocycles. The van der Waals surface area contributed by atoms with E-state index in [2.05, 4.69) is 4.90 Å². The molecule has 1 aliphatic heterocycles. The zero-order valence-corrected chi connectivity index (χ0v) is 14.1. The van der Waals surface area contributed by atoms with Crippen molar-refractivity contribution in [2.24, 2.45) is 0 Å². The molecule has 1 N–H and O–H groups in total. The van der Waals surface area contributed by atoms with Crippen LogP contribution in [0.25, 0.3) is 0 Å². The molecule has 124 valence electrons. The van der Waals surface area contributed by atoms with E-state index in [1.54, 1.807) is 0 Å². The van der Waals surface area contributed by atoms with Gasteiger partial charge in [-0.1, -0.05) is 43.2 Å². The molecule has 0 spiro atoms. The highest BCUT2D eigenvalue weighted by molar-refractivity contribution is 7.90. The quantitative estimate of drug-likeness (QED) is 0.872. The van der Waals surface area contributed by atoms with Crippen LogP contribution in [0, 0.1) is 0 Å². The second-order valence-electron chi connectivity index (χ2n) is 6.33. The smallest absolute Gasteiger partial charge is 0.148 e. The van der Waals surface area contributed by atoms with Crippen molar-refractivity contribution in [3.05, 3.63) is 35.9 Å². The summed E-state index contributed by atoms with van der Waals surface area (Å²) in [6, 6.07) is 9.98. The molecule has 1 heterocycles. The van der Waals surface area contributed by atoms with Crippen molar-refractivity contribution in [3.63, 3.8) is 0 Å². The van der Waals surface area contributed by atoms with Gasteiger partial charge in [0, 0.05) is 18.8 Å². The summed E-state index contributed by atoms with van der Waals surface area (Å²) in [4.78, 5) is 2.26. The van der Waals surface area contributed by atoms with Gasteiger partial charge in [0.15, 0.2) is 0 Å². The largest absolute Gasteiger partial charge is 0.388 e. The Balaban J connectivity index is 2.00. The number of hydrogen-bond donors (Lipinski definition) is 1. The molecule has 4 nitrogen and oxygen atoms in total. The molecule has 0 bridgehead atoms. The van der Waals surface area contributed by atoms with Crippen LogP contribution in [0.1, 0.15) is 43.8 Å². The minimum Gasteiger partial charge on any atom is -0.388 e. The predicted molar refractivity (Wildman–Crippen MR) is 89.6 cm³/mol. The van der Waals surface area contributed by atoms with Crippen LogP contribution in [-0.2, 0) is 9.84 Å². The van der Waals surface area contributed by atoms with Crippen molar-refractivity contribution >= 4 is 9.84 Å². The lowest BCUT2D eigenvalue weighted by molar-refractivity contribution is 0.105. The molecule has 0 aliphatic carbocycles. The van der Waals surface area contributed by atoms with Crippen LogP contribution in [0.3, 0.4) is 0 Å². The highest BCUT2D eigenvalue weighted by atomic mass is 32.2. The van der Waals surface area contributed by atoms with Crippen LogP contribution in [0.5, 0.6) is 0 Å². The van der Waals surface area contributed by atoms with Crippen LogP contribution in [0.4, 0.5) is 0 Å². The van der Waals surface area contributed by atoms with Crippen LogP contribution in [-0.4, -0.2) is 49.6 Å². The number of benzene rings is 1. The highest BCUT2D eigenvalue weighted by Gasteiger charge is 2.24. The first-order chi connectivity index (χ1) is 10.5. The van der Waals surface area contributed by atoms with Crippen molar-refractivity contribution in [1.82, 2.24) is 4.90 Å². The maximum Gasteiger partial charge on any atom is 0.148 e. The van der Waals surface area contributed by atoms with E-state index in [9.17, 15) is 13.5 Å². The van der Waals surface area contributed by atoms with Crippen molar-refractivity contribution in [2.75, 3.05) is 25.1 Å². The number of nitrogens with zero attached hydrogens (tertiary/aromatic N) is 1. The minimum absolute atomic E-state index is 0.199. The second kappa shape index (κ2) is 8.09. The van der Waals surface area contributed by atoms with Gasteiger partial charge in [-0.3, -0.25) is 4.90 Å². The summed E-state index contributed by atoms with van der Waals surface area (Å²) < 4.78 is 22.9. The van der Waals surface area contributed by atoms with E-state index in [-0.39, 0.29) is 11.8 Å². The summed E-state index contributed by atoms with van der Waals surface area (Å²) in [5, 5.41) is 10.5. The average molecular weight is 325 g/mol. The topological polar surface area (TPSA) is 57.6 Å². The summed E-state index contributed by atoms with van der Waals surface area (Å²) >= 11 is 0. The van der Waals surface area contributed by atoms with E-state index < -0.39 is 15.9 Å². The van der Waals surface area contributed by atoms with Crippen molar-refractivity contribution < 1.29 is 13.5 Å². The van der Waals surface area contributed by atoms with Crippen molar-refractivity contribution in [1.29, 1.82) is 0 Å². The number of aliphatic hydroxyl groups excluding tert-OH is 1. The first kappa shape index (κ1) is 17.4. The molecular formula is C17H27NO3S. The van der Waals surface area contributed by atoms with Crippen LogP contribution in [0.2, 0.25) is 0 Å². The van der Waals surface area contributed by atoms with Gasteiger partial charge in [0.05, 0.1) is 11.9 Å². The molecule has 5 heteroatoms. The summed E-state index contributed by atoms with van der Waals surface area (Å²) in [5.41, 5.74) is 0.940. The average Bonchev–Trinajstić information content (AvgIpc) is 2.70. The van der Waals surface area contributed by atoms with Gasteiger partial charge >= 0.3 is 0 Å². The number of likely N-dealkylation sites (tertiary alicyclic amines) is 1. The standard InChI is InChI=1S/C17H27NO3S/c1-22(20,21)13-12-18-11-7-3-6-10-16(18)14-17(19)15-8-4-2-5-9-15/h2,4-5,8-9,16-17,19H,3,6-7,10-14H2,1H3. The molecule has 1 fully saturated rings. The summed E-state index contributed by atoms with van der Waals surface area (Å²) in [6.07, 6.45) is 5.97. The van der Waals surface area contributed by atoms with Crippen molar-refractivity contribution in [3.8, 4) is 0 Å². The molecule has 1 saturated heterocycles. The maximum atomic E-state index is 11.4. The van der Waals surface area contributed by atoms with Crippen molar-refractivity contribution in [2.45, 2.75) is 44.2 Å². The third-order valence-corrected chi connectivity index (χ3v) is 5.35. The lowest BCUT2D eigenvalue weighted by atomic mass is 9.98. The van der Waals surface area contributed by atoms with Gasteiger partial charge in [0.25, 0.3) is 0 Å². The molecule has 0 aromatic heterocycles. The molecule has 1 aliphatic rings. The Morgan fingerprint density at radius 3 is 2.64 bits per heavy atom. The van der Waals surface area contributed by atoms with E-state index in [0.29, 0.717) is 13.0 Å². The lowest BCUT2D eigenvalue weighted by Crippen LogP contribution is -2.39. The SMILES string of the molecule is CS(=O)(=O)CCN1CCCCCC1CC(O)c1ccccc1. The fraction of sp³-hybridized carbons (Fsp3) is 0.647. The van der Waals surface area contributed by atoms with Gasteiger partial charge in [0.1, 0.15) is 9.84 Å². The number of hydrogen-bond acceptors (Lipinski definition) is 4. The molecule has 2 rings (SSSR count). The predicted octanol–water partition coefficient (Wildman–Crippen LogP) is 2.40. The molecule has 2 unspecified atom stereocenters. The Morgan fingerprint density at radius 2 is 1.95 bits per heavy atom. The third kappa shape index (κ3) is 5.71. The zero-order valence-electron chi connectivity index (χ0n) is 13.3. The highest BCUT2D eigenvalue weighted by Crippen LogP contribution is 2.26. The Morgan fingerprint density at radius 1 is 1.23 bits per heavy atom. The Kier molecular flexibility index (Phi) is 6.41.